The van der Waals surface area contributed by atoms with Gasteiger partial charge in [-0.05, 0) is 25.1 Å². The minimum absolute atomic E-state index is 0.304. The smallest absolute Gasteiger partial charge is 0.334 e. The first kappa shape index (κ1) is 13.4. The highest BCUT2D eigenvalue weighted by Crippen LogP contribution is 2.16. The van der Waals surface area contributed by atoms with Gasteiger partial charge in [-0.2, -0.15) is 0 Å². The molecule has 0 aromatic carbocycles. The Balaban J connectivity index is 2.39. The Labute approximate surface area is 102 Å². The van der Waals surface area contributed by atoms with Gasteiger partial charge in [0.2, 0.25) is 5.91 Å². The Kier molecular flexibility index (Phi) is 4.86. The second-order valence-electron chi connectivity index (χ2n) is 3.38. The minimum Gasteiger partial charge on any atom is -0.479 e. The molecule has 1 aromatic rings. The molecular formula is C11H13NO4S. The van der Waals surface area contributed by atoms with Crippen LogP contribution >= 0.6 is 11.3 Å². The van der Waals surface area contributed by atoms with Crippen LogP contribution in [0.4, 0.5) is 0 Å². The van der Waals surface area contributed by atoms with E-state index in [4.69, 9.17) is 10.2 Å². The molecule has 0 spiro atoms. The molecule has 0 fully saturated rings. The molecule has 0 saturated heterocycles. The predicted molar refractivity (Wildman–Crippen MR) is 64.7 cm³/mol. The summed E-state index contributed by atoms with van der Waals surface area (Å²) in [7, 11) is 0. The number of amides is 1. The van der Waals surface area contributed by atoms with Crippen LogP contribution in [0.1, 0.15) is 9.75 Å². The second-order valence-corrected chi connectivity index (χ2v) is 4.70. The topological polar surface area (TPSA) is 86.6 Å². The van der Waals surface area contributed by atoms with Gasteiger partial charge in [-0.15, -0.1) is 11.3 Å². The summed E-state index contributed by atoms with van der Waals surface area (Å²) >= 11 is 1.55. The summed E-state index contributed by atoms with van der Waals surface area (Å²) in [6, 6.07) is 3.83. The van der Waals surface area contributed by atoms with Gasteiger partial charge >= 0.3 is 5.97 Å². The van der Waals surface area contributed by atoms with Crippen molar-refractivity contribution >= 4 is 29.3 Å². The van der Waals surface area contributed by atoms with E-state index in [0.29, 0.717) is 0 Å². The maximum atomic E-state index is 11.3. The monoisotopic (exact) mass is 255 g/mol. The van der Waals surface area contributed by atoms with Gasteiger partial charge in [0.15, 0.2) is 6.10 Å². The largest absolute Gasteiger partial charge is 0.479 e. The summed E-state index contributed by atoms with van der Waals surface area (Å²) in [6.45, 7) is 1.66. The quantitative estimate of drug-likeness (QED) is 0.674. The van der Waals surface area contributed by atoms with E-state index in [0.717, 1.165) is 9.75 Å². The molecule has 1 rings (SSSR count). The van der Waals surface area contributed by atoms with Crippen molar-refractivity contribution in [1.82, 2.24) is 5.32 Å². The number of nitrogens with one attached hydrogen (secondary N) is 1. The first-order chi connectivity index (χ1) is 7.99. The SMILES string of the molecule is Cc1ccc(C=CC(=O)NCC(O)C(=O)O)s1. The molecule has 0 radical (unpaired) electrons. The molecule has 92 valence electrons. The molecular weight excluding hydrogens is 242 g/mol. The van der Waals surface area contributed by atoms with Crippen LogP contribution in [-0.2, 0) is 9.59 Å². The second kappa shape index (κ2) is 6.17. The lowest BCUT2D eigenvalue weighted by atomic mass is 10.3. The predicted octanol–water partition coefficient (Wildman–Crippen LogP) is 0.631. The van der Waals surface area contributed by atoms with Crippen LogP contribution in [-0.4, -0.2) is 34.7 Å². The van der Waals surface area contributed by atoms with Gasteiger partial charge in [0.25, 0.3) is 0 Å². The highest BCUT2D eigenvalue weighted by molar-refractivity contribution is 7.12. The lowest BCUT2D eigenvalue weighted by Gasteiger charge is -2.04. The Morgan fingerprint density at radius 2 is 2.24 bits per heavy atom. The van der Waals surface area contributed by atoms with Crippen LogP contribution in [0.3, 0.4) is 0 Å². The fraction of sp³-hybridized carbons (Fsp3) is 0.273. The van der Waals surface area contributed by atoms with Crippen molar-refractivity contribution in [3.8, 4) is 0 Å². The Morgan fingerprint density at radius 3 is 2.76 bits per heavy atom. The van der Waals surface area contributed by atoms with Gasteiger partial charge < -0.3 is 15.5 Å². The van der Waals surface area contributed by atoms with Crippen molar-refractivity contribution in [2.24, 2.45) is 0 Å². The fourth-order valence-corrected chi connectivity index (χ4v) is 1.82. The molecule has 0 saturated carbocycles. The van der Waals surface area contributed by atoms with Crippen LogP contribution in [0.15, 0.2) is 18.2 Å². The van der Waals surface area contributed by atoms with Crippen molar-refractivity contribution in [2.45, 2.75) is 13.0 Å². The van der Waals surface area contributed by atoms with Crippen LogP contribution in [0.2, 0.25) is 0 Å². The van der Waals surface area contributed by atoms with Crippen LogP contribution in [0.25, 0.3) is 6.08 Å². The van der Waals surface area contributed by atoms with E-state index in [1.54, 1.807) is 17.4 Å². The van der Waals surface area contributed by atoms with Gasteiger partial charge in [0.1, 0.15) is 0 Å². The average molecular weight is 255 g/mol. The van der Waals surface area contributed by atoms with Crippen LogP contribution < -0.4 is 5.32 Å². The lowest BCUT2D eigenvalue weighted by molar-refractivity contribution is -0.146. The molecule has 17 heavy (non-hydrogen) atoms. The van der Waals surface area contributed by atoms with Crippen molar-refractivity contribution in [3.05, 3.63) is 28.0 Å². The van der Waals surface area contributed by atoms with Gasteiger partial charge in [-0.1, -0.05) is 0 Å². The third kappa shape index (κ3) is 4.80. The number of aliphatic carboxylic acids is 1. The van der Waals surface area contributed by atoms with E-state index < -0.39 is 18.0 Å². The van der Waals surface area contributed by atoms with Gasteiger partial charge in [-0.3, -0.25) is 4.79 Å². The number of carboxylic acids is 1. The van der Waals surface area contributed by atoms with E-state index in [1.165, 1.54) is 6.08 Å². The van der Waals surface area contributed by atoms with Crippen LogP contribution in [0, 0.1) is 6.92 Å². The minimum atomic E-state index is -1.57. The highest BCUT2D eigenvalue weighted by atomic mass is 32.1. The van der Waals surface area contributed by atoms with Gasteiger partial charge in [0, 0.05) is 15.8 Å². The third-order valence-electron chi connectivity index (χ3n) is 1.91. The van der Waals surface area contributed by atoms with Crippen molar-refractivity contribution in [3.63, 3.8) is 0 Å². The molecule has 1 aromatic heterocycles. The number of aryl methyl sites for hydroxylation is 1. The number of carbonyl (C=O) groups excluding carboxylic acids is 1. The van der Waals surface area contributed by atoms with Crippen molar-refractivity contribution in [2.75, 3.05) is 6.54 Å². The zero-order chi connectivity index (χ0) is 12.8. The van der Waals surface area contributed by atoms with E-state index >= 15 is 0 Å². The lowest BCUT2D eigenvalue weighted by Crippen LogP contribution is -2.35. The maximum absolute atomic E-state index is 11.3. The fourth-order valence-electron chi connectivity index (χ4n) is 1.04. The van der Waals surface area contributed by atoms with Crippen LogP contribution in [0.5, 0.6) is 0 Å². The number of aliphatic hydroxyl groups excluding tert-OH is 1. The average Bonchev–Trinajstić information content (AvgIpc) is 2.69. The maximum Gasteiger partial charge on any atom is 0.334 e. The molecule has 0 bridgehead atoms. The Bertz CT molecular complexity index is 438. The molecule has 0 aliphatic rings. The number of thiophene rings is 1. The zero-order valence-corrected chi connectivity index (χ0v) is 10.0. The molecule has 1 atom stereocenters. The molecule has 6 heteroatoms. The molecule has 5 nitrogen and oxygen atoms in total. The summed E-state index contributed by atoms with van der Waals surface area (Å²) < 4.78 is 0. The standard InChI is InChI=1S/C11H13NO4S/c1-7-2-3-8(17-7)4-5-10(14)12-6-9(13)11(15)16/h2-5,9,13H,6H2,1H3,(H,12,14)(H,15,16). The number of aliphatic hydroxyl groups is 1. The first-order valence-corrected chi connectivity index (χ1v) is 5.74. The summed E-state index contributed by atoms with van der Waals surface area (Å²) in [6.07, 6.45) is 1.37. The van der Waals surface area contributed by atoms with E-state index in [9.17, 15) is 9.59 Å². The van der Waals surface area contributed by atoms with Gasteiger partial charge in [0.05, 0.1) is 6.54 Å². The molecule has 0 aliphatic carbocycles. The number of carbonyl (C=O) groups is 2. The molecule has 0 aliphatic heterocycles. The summed E-state index contributed by atoms with van der Waals surface area (Å²) in [5.41, 5.74) is 0. The summed E-state index contributed by atoms with van der Waals surface area (Å²) in [5.74, 6) is -1.79. The zero-order valence-electron chi connectivity index (χ0n) is 9.21. The normalized spacial score (nSPS) is 12.6. The molecule has 1 heterocycles. The first-order valence-electron chi connectivity index (χ1n) is 4.92. The van der Waals surface area contributed by atoms with Crippen molar-refractivity contribution in [1.29, 1.82) is 0 Å². The Morgan fingerprint density at radius 1 is 1.53 bits per heavy atom. The van der Waals surface area contributed by atoms with E-state index in [-0.39, 0.29) is 6.54 Å². The molecule has 1 amide bonds. The third-order valence-corrected chi connectivity index (χ3v) is 2.88. The van der Waals surface area contributed by atoms with Gasteiger partial charge in [-0.25, -0.2) is 4.79 Å². The number of hydrogen-bond donors (Lipinski definition) is 3. The summed E-state index contributed by atoms with van der Waals surface area (Å²) in [4.78, 5) is 23.6. The molecule has 3 N–H and O–H groups in total. The molecule has 1 unspecified atom stereocenters. The van der Waals surface area contributed by atoms with E-state index in [2.05, 4.69) is 5.32 Å². The van der Waals surface area contributed by atoms with E-state index in [1.807, 2.05) is 19.1 Å². The highest BCUT2D eigenvalue weighted by Gasteiger charge is 2.12. The Hall–Kier alpha value is -1.66. The number of carboxylic acid groups (broad SMARTS) is 1. The van der Waals surface area contributed by atoms with Crippen molar-refractivity contribution < 1.29 is 19.8 Å². The number of rotatable bonds is 5. The number of hydrogen-bond acceptors (Lipinski definition) is 4. The summed E-state index contributed by atoms with van der Waals surface area (Å²) in [5, 5.41) is 19.6.